The molecule has 2 heteroatoms. The number of ether oxygens (including phenoxy) is 1. The molecular weight excluding hydrogens is 184 g/mol. The Morgan fingerprint density at radius 1 is 1.08 bits per heavy atom. The fourth-order valence-corrected chi connectivity index (χ4v) is 1.43. The van der Waals surface area contributed by atoms with Gasteiger partial charge < -0.3 is 4.74 Å². The van der Waals surface area contributed by atoms with Crippen molar-refractivity contribution in [2.24, 2.45) is 5.92 Å². The largest absolute Gasteiger partial charge is 0.385 e. The first-order chi connectivity index (χ1) is 6.18. The van der Waals surface area contributed by atoms with Gasteiger partial charge in [-0.15, -0.1) is 11.6 Å². The van der Waals surface area contributed by atoms with Gasteiger partial charge in [0, 0.05) is 19.1 Å². The second-order valence-electron chi connectivity index (χ2n) is 3.96. The van der Waals surface area contributed by atoms with E-state index in [1.807, 2.05) is 0 Å². The topological polar surface area (TPSA) is 9.23 Å². The van der Waals surface area contributed by atoms with Crippen LogP contribution >= 0.6 is 11.6 Å². The molecule has 0 radical (unpaired) electrons. The van der Waals surface area contributed by atoms with Crippen molar-refractivity contribution in [3.8, 4) is 0 Å². The summed E-state index contributed by atoms with van der Waals surface area (Å²) in [5.74, 6) is 0.612. The van der Waals surface area contributed by atoms with Gasteiger partial charge in [0.25, 0.3) is 0 Å². The lowest BCUT2D eigenvalue weighted by molar-refractivity contribution is 0.192. The molecule has 0 aromatic rings. The smallest absolute Gasteiger partial charge is 0.0462 e. The minimum atomic E-state index is 0.363. The summed E-state index contributed by atoms with van der Waals surface area (Å²) in [7, 11) is 1.76. The molecule has 0 saturated carbocycles. The highest BCUT2D eigenvalue weighted by Gasteiger charge is 2.07. The van der Waals surface area contributed by atoms with Crippen LogP contribution in [0.2, 0.25) is 0 Å². The van der Waals surface area contributed by atoms with Gasteiger partial charge >= 0.3 is 0 Å². The van der Waals surface area contributed by atoms with E-state index in [-0.39, 0.29) is 0 Å². The molecule has 0 aromatic heterocycles. The number of rotatable bonds is 8. The van der Waals surface area contributed by atoms with E-state index in [0.29, 0.717) is 11.3 Å². The first-order valence-electron chi connectivity index (χ1n) is 5.31. The Bertz CT molecular complexity index is 104. The predicted molar refractivity (Wildman–Crippen MR) is 59.4 cm³/mol. The van der Waals surface area contributed by atoms with Gasteiger partial charge in [-0.1, -0.05) is 33.1 Å². The maximum absolute atomic E-state index is 6.13. The zero-order valence-corrected chi connectivity index (χ0v) is 9.94. The van der Waals surface area contributed by atoms with Gasteiger partial charge in [0.15, 0.2) is 0 Å². The number of unbranched alkanes of at least 4 members (excludes halogenated alkanes) is 3. The summed E-state index contributed by atoms with van der Waals surface area (Å²) in [6.45, 7) is 5.26. The van der Waals surface area contributed by atoms with Crippen molar-refractivity contribution in [2.75, 3.05) is 13.7 Å². The third-order valence-corrected chi connectivity index (χ3v) is 3.02. The van der Waals surface area contributed by atoms with Gasteiger partial charge in [0.1, 0.15) is 0 Å². The number of hydrogen-bond donors (Lipinski definition) is 0. The van der Waals surface area contributed by atoms with Crippen LogP contribution in [0.25, 0.3) is 0 Å². The lowest BCUT2D eigenvalue weighted by atomic mass is 10.0. The number of methoxy groups -OCH3 is 1. The Labute approximate surface area is 87.8 Å². The normalized spacial score (nSPS) is 13.6. The predicted octanol–water partition coefficient (Wildman–Crippen LogP) is 3.85. The van der Waals surface area contributed by atoms with Gasteiger partial charge in [-0.2, -0.15) is 0 Å². The lowest BCUT2D eigenvalue weighted by Crippen LogP contribution is -2.07. The van der Waals surface area contributed by atoms with E-state index in [1.54, 1.807) is 7.11 Å². The Kier molecular flexibility index (Phi) is 9.00. The zero-order chi connectivity index (χ0) is 10.1. The van der Waals surface area contributed by atoms with E-state index in [4.69, 9.17) is 16.3 Å². The number of hydrogen-bond acceptors (Lipinski definition) is 1. The molecule has 13 heavy (non-hydrogen) atoms. The Morgan fingerprint density at radius 3 is 2.23 bits per heavy atom. The third-order valence-electron chi connectivity index (χ3n) is 2.30. The molecule has 0 aromatic carbocycles. The van der Waals surface area contributed by atoms with Gasteiger partial charge in [-0.3, -0.25) is 0 Å². The summed E-state index contributed by atoms with van der Waals surface area (Å²) < 4.78 is 4.98. The van der Waals surface area contributed by atoms with Crippen molar-refractivity contribution in [1.82, 2.24) is 0 Å². The van der Waals surface area contributed by atoms with Crippen molar-refractivity contribution >= 4 is 11.6 Å². The van der Waals surface area contributed by atoms with E-state index in [0.717, 1.165) is 13.0 Å². The van der Waals surface area contributed by atoms with Crippen LogP contribution in [0.15, 0.2) is 0 Å². The standard InChI is InChI=1S/C11H23ClO/c1-10(2)11(12)8-6-4-5-7-9-13-3/h10-11H,4-9H2,1-3H3. The van der Waals surface area contributed by atoms with Gasteiger partial charge in [0.05, 0.1) is 0 Å². The summed E-state index contributed by atoms with van der Waals surface area (Å²) >= 11 is 6.13. The van der Waals surface area contributed by atoms with Gasteiger partial charge in [0.2, 0.25) is 0 Å². The second kappa shape index (κ2) is 8.83. The van der Waals surface area contributed by atoms with Crippen LogP contribution in [-0.2, 0) is 4.74 Å². The molecule has 1 unspecified atom stereocenters. The van der Waals surface area contributed by atoms with Crippen molar-refractivity contribution in [1.29, 1.82) is 0 Å². The summed E-state index contributed by atoms with van der Waals surface area (Å²) in [5.41, 5.74) is 0. The van der Waals surface area contributed by atoms with Crippen LogP contribution in [0.5, 0.6) is 0 Å². The van der Waals surface area contributed by atoms with Crippen LogP contribution in [0.4, 0.5) is 0 Å². The quantitative estimate of drug-likeness (QED) is 0.433. The van der Waals surface area contributed by atoms with Crippen LogP contribution in [0, 0.1) is 5.92 Å². The van der Waals surface area contributed by atoms with Crippen molar-refractivity contribution in [3.05, 3.63) is 0 Å². The molecule has 0 aliphatic heterocycles. The first-order valence-corrected chi connectivity index (χ1v) is 5.75. The second-order valence-corrected chi connectivity index (χ2v) is 4.52. The average Bonchev–Trinajstić information content (AvgIpc) is 2.10. The minimum absolute atomic E-state index is 0.363. The first kappa shape index (κ1) is 13.2. The molecule has 0 heterocycles. The van der Waals surface area contributed by atoms with Crippen LogP contribution in [0.3, 0.4) is 0 Å². The zero-order valence-electron chi connectivity index (χ0n) is 9.18. The molecule has 0 rings (SSSR count). The minimum Gasteiger partial charge on any atom is -0.385 e. The molecule has 0 aliphatic carbocycles. The third kappa shape index (κ3) is 8.58. The van der Waals surface area contributed by atoms with Crippen molar-refractivity contribution in [3.63, 3.8) is 0 Å². The van der Waals surface area contributed by atoms with Crippen molar-refractivity contribution < 1.29 is 4.74 Å². The van der Waals surface area contributed by atoms with E-state index in [1.165, 1.54) is 25.7 Å². The fourth-order valence-electron chi connectivity index (χ4n) is 1.27. The highest BCUT2D eigenvalue weighted by atomic mass is 35.5. The molecule has 0 fully saturated rings. The summed E-state index contributed by atoms with van der Waals surface area (Å²) in [4.78, 5) is 0. The summed E-state index contributed by atoms with van der Waals surface area (Å²) in [6, 6.07) is 0. The van der Waals surface area contributed by atoms with Gasteiger partial charge in [-0.05, 0) is 18.8 Å². The maximum atomic E-state index is 6.13. The summed E-state index contributed by atoms with van der Waals surface area (Å²) in [5, 5.41) is 0.363. The fraction of sp³-hybridized carbons (Fsp3) is 1.00. The van der Waals surface area contributed by atoms with Crippen molar-refractivity contribution in [2.45, 2.75) is 51.3 Å². The van der Waals surface area contributed by atoms with Crippen LogP contribution < -0.4 is 0 Å². The Hall–Kier alpha value is 0.250. The molecule has 1 atom stereocenters. The van der Waals surface area contributed by atoms with E-state index < -0.39 is 0 Å². The highest BCUT2D eigenvalue weighted by Crippen LogP contribution is 2.17. The van der Waals surface area contributed by atoms with Gasteiger partial charge in [-0.25, -0.2) is 0 Å². The summed E-state index contributed by atoms with van der Waals surface area (Å²) in [6.07, 6.45) is 6.17. The molecule has 0 amide bonds. The average molecular weight is 207 g/mol. The molecule has 80 valence electrons. The van der Waals surface area contributed by atoms with Crippen LogP contribution in [0.1, 0.15) is 46.0 Å². The van der Waals surface area contributed by atoms with Crippen LogP contribution in [-0.4, -0.2) is 19.1 Å². The molecule has 0 spiro atoms. The molecule has 0 bridgehead atoms. The molecular formula is C11H23ClO. The SMILES string of the molecule is COCCCCCCC(Cl)C(C)C. The number of halogens is 1. The van der Waals surface area contributed by atoms with E-state index >= 15 is 0 Å². The maximum Gasteiger partial charge on any atom is 0.0462 e. The number of alkyl halides is 1. The molecule has 0 aliphatic rings. The molecule has 0 saturated heterocycles. The molecule has 1 nitrogen and oxygen atoms in total. The Balaban J connectivity index is 3.07. The Morgan fingerprint density at radius 2 is 1.69 bits per heavy atom. The monoisotopic (exact) mass is 206 g/mol. The highest BCUT2D eigenvalue weighted by molar-refractivity contribution is 6.20. The molecule has 0 N–H and O–H groups in total. The lowest BCUT2D eigenvalue weighted by Gasteiger charge is -2.12. The van der Waals surface area contributed by atoms with E-state index in [9.17, 15) is 0 Å². The van der Waals surface area contributed by atoms with E-state index in [2.05, 4.69) is 13.8 Å².